The Kier molecular flexibility index (Phi) is 6.04. The van der Waals surface area contributed by atoms with Crippen molar-refractivity contribution < 1.29 is 8.42 Å². The van der Waals surface area contributed by atoms with Gasteiger partial charge in [-0.15, -0.1) is 0 Å². The molecule has 0 aliphatic carbocycles. The van der Waals surface area contributed by atoms with Crippen molar-refractivity contribution in [3.05, 3.63) is 108 Å². The van der Waals surface area contributed by atoms with Gasteiger partial charge in [-0.1, -0.05) is 18.2 Å². The van der Waals surface area contributed by atoms with Crippen LogP contribution in [0.1, 0.15) is 29.0 Å². The van der Waals surface area contributed by atoms with Crippen LogP contribution in [0, 0.1) is 6.92 Å². The van der Waals surface area contributed by atoms with Crippen molar-refractivity contribution in [3.8, 4) is 5.69 Å². The molecule has 9 heteroatoms. The highest BCUT2D eigenvalue weighted by molar-refractivity contribution is 7.92. The summed E-state index contributed by atoms with van der Waals surface area (Å²) in [7, 11) is -3.36. The molecular formula is C26H25N5O2S2. The van der Waals surface area contributed by atoms with E-state index in [0.29, 0.717) is 10.8 Å². The predicted octanol–water partition coefficient (Wildman–Crippen LogP) is 4.73. The van der Waals surface area contributed by atoms with Gasteiger partial charge in [0, 0.05) is 35.1 Å². The van der Waals surface area contributed by atoms with Gasteiger partial charge in [0.2, 0.25) is 10.0 Å². The molecule has 2 aromatic carbocycles. The molecular weight excluding hydrogens is 478 g/mol. The van der Waals surface area contributed by atoms with E-state index in [4.69, 9.17) is 12.2 Å². The van der Waals surface area contributed by atoms with Gasteiger partial charge in [-0.3, -0.25) is 9.71 Å². The average molecular weight is 504 g/mol. The summed E-state index contributed by atoms with van der Waals surface area (Å²) in [4.78, 5) is 6.69. The largest absolute Gasteiger partial charge is 0.351 e. The summed E-state index contributed by atoms with van der Waals surface area (Å²) in [6.45, 7) is 2.08. The van der Waals surface area contributed by atoms with E-state index in [1.807, 2.05) is 42.5 Å². The highest BCUT2D eigenvalue weighted by Crippen LogP contribution is 2.42. The quantitative estimate of drug-likeness (QED) is 0.371. The fourth-order valence-electron chi connectivity index (χ4n) is 4.49. The minimum atomic E-state index is -3.36. The molecule has 1 saturated heterocycles. The lowest BCUT2D eigenvalue weighted by Crippen LogP contribution is -2.30. The minimum Gasteiger partial charge on any atom is -0.351 e. The zero-order valence-electron chi connectivity index (χ0n) is 19.3. The molecule has 1 aliphatic rings. The van der Waals surface area contributed by atoms with Crippen LogP contribution in [0.3, 0.4) is 0 Å². The molecule has 2 atom stereocenters. The standard InChI is InChI=1S/C26H25N5O2S2/c1-18-7-5-8-21(17-18)30-16-6-10-23(30)25-24(22-9-3-4-15-27-22)28-26(34)31(25)20-13-11-19(12-14-20)29-35(2,32)33/h3-17,24-25,29H,1-2H3,(H,28,34)/t24-,25-/m1/s1. The number of aryl methyl sites for hydroxylation is 1. The zero-order valence-corrected chi connectivity index (χ0v) is 20.9. The lowest BCUT2D eigenvalue weighted by Gasteiger charge is -2.29. The van der Waals surface area contributed by atoms with Crippen molar-refractivity contribution in [2.45, 2.75) is 19.0 Å². The highest BCUT2D eigenvalue weighted by Gasteiger charge is 2.42. The Labute approximate surface area is 210 Å². The van der Waals surface area contributed by atoms with Crippen LogP contribution >= 0.6 is 12.2 Å². The molecule has 35 heavy (non-hydrogen) atoms. The lowest BCUT2D eigenvalue weighted by molar-refractivity contribution is 0.549. The Morgan fingerprint density at radius 1 is 0.971 bits per heavy atom. The second-order valence-corrected chi connectivity index (χ2v) is 10.7. The molecule has 0 spiro atoms. The summed E-state index contributed by atoms with van der Waals surface area (Å²) in [5.41, 5.74) is 5.52. The van der Waals surface area contributed by atoms with Gasteiger partial charge in [-0.2, -0.15) is 0 Å². The molecule has 2 N–H and O–H groups in total. The summed E-state index contributed by atoms with van der Waals surface area (Å²) in [5, 5.41) is 4.05. The number of aromatic nitrogens is 2. The van der Waals surface area contributed by atoms with Gasteiger partial charge in [0.05, 0.1) is 18.0 Å². The van der Waals surface area contributed by atoms with E-state index < -0.39 is 10.0 Å². The third kappa shape index (κ3) is 4.78. The molecule has 2 aromatic heterocycles. The lowest BCUT2D eigenvalue weighted by atomic mass is 10.0. The smallest absolute Gasteiger partial charge is 0.229 e. The van der Waals surface area contributed by atoms with Gasteiger partial charge in [0.15, 0.2) is 5.11 Å². The summed E-state index contributed by atoms with van der Waals surface area (Å²) in [6, 6.07) is 25.2. The van der Waals surface area contributed by atoms with Crippen LogP contribution in [-0.4, -0.2) is 29.3 Å². The van der Waals surface area contributed by atoms with Crippen LogP contribution < -0.4 is 14.9 Å². The first-order chi connectivity index (χ1) is 16.8. The summed E-state index contributed by atoms with van der Waals surface area (Å²) in [5.74, 6) is 0. The van der Waals surface area contributed by atoms with E-state index in [-0.39, 0.29) is 12.1 Å². The van der Waals surface area contributed by atoms with Gasteiger partial charge in [-0.25, -0.2) is 8.42 Å². The van der Waals surface area contributed by atoms with E-state index in [9.17, 15) is 8.42 Å². The maximum Gasteiger partial charge on any atom is 0.229 e. The van der Waals surface area contributed by atoms with Crippen molar-refractivity contribution in [1.29, 1.82) is 0 Å². The van der Waals surface area contributed by atoms with E-state index in [1.165, 1.54) is 5.56 Å². The molecule has 7 nitrogen and oxygen atoms in total. The highest BCUT2D eigenvalue weighted by atomic mass is 32.2. The summed E-state index contributed by atoms with van der Waals surface area (Å²) in [6.07, 6.45) is 4.97. The van der Waals surface area contributed by atoms with E-state index in [2.05, 4.69) is 61.9 Å². The fourth-order valence-corrected chi connectivity index (χ4v) is 5.40. The number of benzene rings is 2. The second-order valence-electron chi connectivity index (χ2n) is 8.56. The Bertz CT molecular complexity index is 1470. The van der Waals surface area contributed by atoms with Crippen LogP contribution in [0.2, 0.25) is 0 Å². The predicted molar refractivity (Wildman–Crippen MR) is 143 cm³/mol. The SMILES string of the molecule is Cc1cccc(-n2cccc2[C@@H]2[C@@H](c3ccccn3)NC(=S)N2c2ccc(NS(C)(=O)=O)cc2)c1. The molecule has 0 unspecified atom stereocenters. The molecule has 0 saturated carbocycles. The molecule has 5 rings (SSSR count). The van der Waals surface area contributed by atoms with Gasteiger partial charge >= 0.3 is 0 Å². The third-order valence-corrected chi connectivity index (χ3v) is 6.83. The second kappa shape index (κ2) is 9.16. The molecule has 0 bridgehead atoms. The van der Waals surface area contributed by atoms with Crippen LogP contribution in [0.4, 0.5) is 11.4 Å². The van der Waals surface area contributed by atoms with Crippen LogP contribution in [0.5, 0.6) is 0 Å². The minimum absolute atomic E-state index is 0.184. The molecule has 0 radical (unpaired) electrons. The van der Waals surface area contributed by atoms with Crippen LogP contribution in [0.25, 0.3) is 5.69 Å². The van der Waals surface area contributed by atoms with Crippen molar-refractivity contribution in [2.24, 2.45) is 0 Å². The Hall–Kier alpha value is -3.69. The molecule has 4 aromatic rings. The number of nitrogens with zero attached hydrogens (tertiary/aromatic N) is 3. The van der Waals surface area contributed by atoms with Gasteiger partial charge in [-0.05, 0) is 85.4 Å². The van der Waals surface area contributed by atoms with Crippen molar-refractivity contribution >= 4 is 38.7 Å². The Balaban J connectivity index is 1.61. The normalized spacial score (nSPS) is 17.9. The van der Waals surface area contributed by atoms with Crippen LogP contribution in [-0.2, 0) is 10.0 Å². The van der Waals surface area contributed by atoms with Gasteiger partial charge < -0.3 is 14.8 Å². The van der Waals surface area contributed by atoms with E-state index >= 15 is 0 Å². The number of sulfonamides is 1. The number of pyridine rings is 1. The van der Waals surface area contributed by atoms with E-state index in [1.54, 1.807) is 18.3 Å². The van der Waals surface area contributed by atoms with Crippen molar-refractivity contribution in [3.63, 3.8) is 0 Å². The summed E-state index contributed by atoms with van der Waals surface area (Å²) >= 11 is 5.82. The molecule has 1 aliphatic heterocycles. The first-order valence-electron chi connectivity index (χ1n) is 11.1. The topological polar surface area (TPSA) is 79.3 Å². The molecule has 3 heterocycles. The number of nitrogens with one attached hydrogen (secondary N) is 2. The average Bonchev–Trinajstić information content (AvgIpc) is 3.43. The maximum absolute atomic E-state index is 11.6. The number of thiocarbonyl (C=S) groups is 1. The fraction of sp³-hybridized carbons (Fsp3) is 0.154. The first-order valence-corrected chi connectivity index (χ1v) is 13.4. The van der Waals surface area contributed by atoms with Gasteiger partial charge in [0.25, 0.3) is 0 Å². The zero-order chi connectivity index (χ0) is 24.6. The van der Waals surface area contributed by atoms with Crippen molar-refractivity contribution in [2.75, 3.05) is 15.9 Å². The first kappa shape index (κ1) is 23.1. The molecule has 1 fully saturated rings. The number of anilines is 2. The van der Waals surface area contributed by atoms with Crippen LogP contribution in [0.15, 0.2) is 91.3 Å². The van der Waals surface area contributed by atoms with Gasteiger partial charge in [0.1, 0.15) is 6.04 Å². The maximum atomic E-state index is 11.6. The third-order valence-electron chi connectivity index (χ3n) is 5.91. The number of hydrogen-bond donors (Lipinski definition) is 2. The number of rotatable bonds is 6. The Morgan fingerprint density at radius 2 is 1.77 bits per heavy atom. The molecule has 178 valence electrons. The van der Waals surface area contributed by atoms with E-state index in [0.717, 1.165) is 29.0 Å². The summed E-state index contributed by atoms with van der Waals surface area (Å²) < 4.78 is 28.0. The van der Waals surface area contributed by atoms with Crippen molar-refractivity contribution in [1.82, 2.24) is 14.9 Å². The monoisotopic (exact) mass is 503 g/mol. The molecule has 0 amide bonds. The Morgan fingerprint density at radius 3 is 2.46 bits per heavy atom. The number of hydrogen-bond acceptors (Lipinski definition) is 4.